The van der Waals surface area contributed by atoms with E-state index in [0.29, 0.717) is 5.70 Å². The van der Waals surface area contributed by atoms with Crippen LogP contribution in [0.25, 0.3) is 0 Å². The van der Waals surface area contributed by atoms with Crippen molar-refractivity contribution < 1.29 is 14.3 Å². The van der Waals surface area contributed by atoms with Crippen molar-refractivity contribution in [2.75, 3.05) is 5.32 Å². The molecule has 1 aliphatic heterocycles. The van der Waals surface area contributed by atoms with Crippen LogP contribution in [0.1, 0.15) is 25.0 Å². The van der Waals surface area contributed by atoms with Gasteiger partial charge in [-0.05, 0) is 51.0 Å². The summed E-state index contributed by atoms with van der Waals surface area (Å²) in [7, 11) is 0. The fraction of sp³-hybridized carbons (Fsp3) is 0.400. The van der Waals surface area contributed by atoms with E-state index < -0.39 is 12.3 Å². The minimum absolute atomic E-state index is 0.0360. The summed E-state index contributed by atoms with van der Waals surface area (Å²) in [5.41, 5.74) is 3.65. The van der Waals surface area contributed by atoms with E-state index in [1.807, 2.05) is 45.9 Å². The predicted molar refractivity (Wildman–Crippen MR) is 78.5 cm³/mol. The zero-order valence-electron chi connectivity index (χ0n) is 12.0. The van der Waals surface area contributed by atoms with Crippen LogP contribution in [0.5, 0.6) is 0 Å². The van der Waals surface area contributed by atoms with Crippen LogP contribution < -0.4 is 5.32 Å². The minimum atomic E-state index is -0.781. The summed E-state index contributed by atoms with van der Waals surface area (Å²) in [6.45, 7) is 7.80. The number of hydrogen-bond acceptors (Lipinski definition) is 4. The molecule has 0 aliphatic carbocycles. The average molecular weight is 296 g/mol. The number of carbonyl (C=O) groups is 1. The lowest BCUT2D eigenvalue weighted by molar-refractivity contribution is -0.165. The molecule has 1 N–H and O–H groups in total. The van der Waals surface area contributed by atoms with Crippen molar-refractivity contribution in [3.05, 3.63) is 40.1 Å². The fourth-order valence-electron chi connectivity index (χ4n) is 1.85. The molecule has 108 valence electrons. The Bertz CT molecular complexity index is 566. The predicted octanol–water partition coefficient (Wildman–Crippen LogP) is 3.47. The van der Waals surface area contributed by atoms with E-state index >= 15 is 0 Å². The van der Waals surface area contributed by atoms with Gasteiger partial charge in [-0.25, -0.2) is 4.79 Å². The Morgan fingerprint density at radius 1 is 1.30 bits per heavy atom. The summed E-state index contributed by atoms with van der Waals surface area (Å²) in [6.07, 6.45) is -0.858. The SMILES string of the molecule is Cc1ccc(NC2=C(Cl)C(=O)O[C@H]2OC(C)C)cc1C. The highest BCUT2D eigenvalue weighted by Gasteiger charge is 2.34. The molecular formula is C15H18ClNO3. The monoisotopic (exact) mass is 295 g/mol. The zero-order valence-corrected chi connectivity index (χ0v) is 12.7. The van der Waals surface area contributed by atoms with Crippen molar-refractivity contribution in [3.8, 4) is 0 Å². The van der Waals surface area contributed by atoms with Gasteiger partial charge >= 0.3 is 5.97 Å². The van der Waals surface area contributed by atoms with E-state index in [1.54, 1.807) is 0 Å². The van der Waals surface area contributed by atoms with Crippen molar-refractivity contribution in [3.63, 3.8) is 0 Å². The number of cyclic esters (lactones) is 1. The van der Waals surface area contributed by atoms with Crippen LogP contribution in [0.4, 0.5) is 5.69 Å². The Morgan fingerprint density at radius 3 is 2.60 bits per heavy atom. The van der Waals surface area contributed by atoms with Crippen molar-refractivity contribution in [1.82, 2.24) is 0 Å². The number of anilines is 1. The van der Waals surface area contributed by atoms with Crippen LogP contribution >= 0.6 is 11.6 Å². The standard InChI is InChI=1S/C15H18ClNO3/c1-8(2)19-15-13(12(16)14(18)20-15)17-11-6-5-9(3)10(4)7-11/h5-8,15,17H,1-4H3/t15-/m1/s1. The van der Waals surface area contributed by atoms with Crippen LogP contribution in [0, 0.1) is 13.8 Å². The molecule has 1 aromatic carbocycles. The molecule has 1 heterocycles. The van der Waals surface area contributed by atoms with Gasteiger partial charge in [-0.15, -0.1) is 0 Å². The van der Waals surface area contributed by atoms with Crippen LogP contribution in [0.2, 0.25) is 0 Å². The van der Waals surface area contributed by atoms with Gasteiger partial charge in [0.1, 0.15) is 5.70 Å². The Labute approximate surface area is 123 Å². The molecule has 0 saturated heterocycles. The number of hydrogen-bond donors (Lipinski definition) is 1. The Kier molecular flexibility index (Phi) is 4.35. The maximum atomic E-state index is 11.6. The molecule has 2 rings (SSSR count). The molecule has 0 spiro atoms. The Morgan fingerprint density at radius 2 is 2.00 bits per heavy atom. The number of benzene rings is 1. The zero-order chi connectivity index (χ0) is 14.9. The first-order valence-corrected chi connectivity index (χ1v) is 6.86. The summed E-state index contributed by atoms with van der Waals surface area (Å²) < 4.78 is 10.6. The molecule has 20 heavy (non-hydrogen) atoms. The number of esters is 1. The van der Waals surface area contributed by atoms with Gasteiger partial charge in [-0.3, -0.25) is 0 Å². The van der Waals surface area contributed by atoms with Gasteiger partial charge in [-0.2, -0.15) is 0 Å². The molecule has 0 radical (unpaired) electrons. The number of carbonyl (C=O) groups excluding carboxylic acids is 1. The summed E-state index contributed by atoms with van der Waals surface area (Å²) >= 11 is 5.99. The van der Waals surface area contributed by atoms with Gasteiger partial charge in [0.2, 0.25) is 6.29 Å². The lowest BCUT2D eigenvalue weighted by atomic mass is 10.1. The first kappa shape index (κ1) is 14.9. The average Bonchev–Trinajstić information content (AvgIpc) is 2.61. The lowest BCUT2D eigenvalue weighted by Crippen LogP contribution is -2.23. The largest absolute Gasteiger partial charge is 0.425 e. The number of rotatable bonds is 4. The highest BCUT2D eigenvalue weighted by molar-refractivity contribution is 6.42. The first-order valence-electron chi connectivity index (χ1n) is 6.49. The molecule has 0 aromatic heterocycles. The van der Waals surface area contributed by atoms with Gasteiger partial charge in [0, 0.05) is 5.69 Å². The summed E-state index contributed by atoms with van der Waals surface area (Å²) in [6, 6.07) is 5.92. The van der Waals surface area contributed by atoms with Gasteiger partial charge in [0.25, 0.3) is 0 Å². The van der Waals surface area contributed by atoms with Crippen molar-refractivity contribution >= 4 is 23.3 Å². The molecule has 0 bridgehead atoms. The molecule has 0 amide bonds. The van der Waals surface area contributed by atoms with Crippen molar-refractivity contribution in [1.29, 1.82) is 0 Å². The fourth-order valence-corrected chi connectivity index (χ4v) is 2.03. The maximum Gasteiger partial charge on any atom is 0.354 e. The molecule has 1 aliphatic rings. The van der Waals surface area contributed by atoms with Gasteiger partial charge in [-0.1, -0.05) is 17.7 Å². The van der Waals surface area contributed by atoms with Gasteiger partial charge < -0.3 is 14.8 Å². The highest BCUT2D eigenvalue weighted by atomic mass is 35.5. The quantitative estimate of drug-likeness (QED) is 0.864. The molecule has 1 aromatic rings. The van der Waals surface area contributed by atoms with E-state index in [9.17, 15) is 4.79 Å². The van der Waals surface area contributed by atoms with Crippen molar-refractivity contribution in [2.45, 2.75) is 40.1 Å². The Balaban J connectivity index is 2.24. The van der Waals surface area contributed by atoms with E-state index in [0.717, 1.165) is 11.3 Å². The molecule has 1 atom stereocenters. The number of halogens is 1. The lowest BCUT2D eigenvalue weighted by Gasteiger charge is -2.18. The minimum Gasteiger partial charge on any atom is -0.425 e. The third kappa shape index (κ3) is 3.14. The number of nitrogens with one attached hydrogen (secondary N) is 1. The third-order valence-electron chi connectivity index (χ3n) is 3.05. The second kappa shape index (κ2) is 5.85. The third-order valence-corrected chi connectivity index (χ3v) is 3.41. The van der Waals surface area contributed by atoms with E-state index in [4.69, 9.17) is 21.1 Å². The maximum absolute atomic E-state index is 11.6. The molecule has 4 nitrogen and oxygen atoms in total. The van der Waals surface area contributed by atoms with Crippen LogP contribution in [-0.4, -0.2) is 18.4 Å². The van der Waals surface area contributed by atoms with Gasteiger partial charge in [0.15, 0.2) is 5.03 Å². The van der Waals surface area contributed by atoms with E-state index in [2.05, 4.69) is 5.32 Å². The number of ether oxygens (including phenoxy) is 2. The Hall–Kier alpha value is -1.52. The normalized spacial score (nSPS) is 18.7. The van der Waals surface area contributed by atoms with Crippen LogP contribution in [0.15, 0.2) is 28.9 Å². The summed E-state index contributed by atoms with van der Waals surface area (Å²) in [4.78, 5) is 11.6. The number of aryl methyl sites for hydroxylation is 2. The smallest absolute Gasteiger partial charge is 0.354 e. The van der Waals surface area contributed by atoms with Crippen LogP contribution in [0.3, 0.4) is 0 Å². The van der Waals surface area contributed by atoms with Crippen molar-refractivity contribution in [2.24, 2.45) is 0 Å². The summed E-state index contributed by atoms with van der Waals surface area (Å²) in [5.74, 6) is -0.566. The molecule has 0 fully saturated rings. The topological polar surface area (TPSA) is 47.6 Å². The second-order valence-corrected chi connectivity index (χ2v) is 5.45. The molecule has 0 saturated carbocycles. The molecule has 0 unspecified atom stereocenters. The molecule has 5 heteroatoms. The second-order valence-electron chi connectivity index (χ2n) is 5.07. The first-order chi connectivity index (χ1) is 9.38. The summed E-state index contributed by atoms with van der Waals surface area (Å²) in [5, 5.41) is 3.16. The van der Waals surface area contributed by atoms with E-state index in [-0.39, 0.29) is 11.1 Å². The van der Waals surface area contributed by atoms with Crippen LogP contribution in [-0.2, 0) is 14.3 Å². The highest BCUT2D eigenvalue weighted by Crippen LogP contribution is 2.29. The molecular weight excluding hydrogens is 278 g/mol. The van der Waals surface area contributed by atoms with E-state index in [1.165, 1.54) is 5.56 Å². The van der Waals surface area contributed by atoms with Gasteiger partial charge in [0.05, 0.1) is 6.10 Å².